The number of nitrogens with one attached hydrogen (secondary N) is 1. The summed E-state index contributed by atoms with van der Waals surface area (Å²) >= 11 is 1.10. The average Bonchev–Trinajstić information content (AvgIpc) is 3.23. The zero-order valence-electron chi connectivity index (χ0n) is 15.9. The lowest BCUT2D eigenvalue weighted by Crippen LogP contribution is -2.35. The summed E-state index contributed by atoms with van der Waals surface area (Å²) in [5.41, 5.74) is 3.24. The molecule has 3 aromatic carbocycles. The van der Waals surface area contributed by atoms with Crippen molar-refractivity contribution in [3.8, 4) is 0 Å². The first-order valence-corrected chi connectivity index (χ1v) is 11.6. The molecule has 1 atom stereocenters. The van der Waals surface area contributed by atoms with Crippen molar-refractivity contribution in [1.29, 1.82) is 0 Å². The Bertz CT molecular complexity index is 1260. The number of amides is 1. The molecule has 8 heteroatoms. The summed E-state index contributed by atoms with van der Waals surface area (Å²) in [6.07, 6.45) is 1.10. The van der Waals surface area contributed by atoms with Gasteiger partial charge < -0.3 is 0 Å². The molecule has 1 unspecified atom stereocenters. The molecule has 6 nitrogen and oxygen atoms in total. The van der Waals surface area contributed by atoms with Gasteiger partial charge in [-0.15, -0.1) is 0 Å². The number of aromatic nitrogens is 2. The van der Waals surface area contributed by atoms with Gasteiger partial charge in [-0.25, -0.2) is 13.1 Å². The van der Waals surface area contributed by atoms with E-state index in [1.54, 1.807) is 18.2 Å². The van der Waals surface area contributed by atoms with Crippen molar-refractivity contribution in [2.24, 2.45) is 0 Å². The molecule has 0 bridgehead atoms. The second kappa shape index (κ2) is 8.73. The monoisotopic (exact) mass is 437 g/mol. The summed E-state index contributed by atoms with van der Waals surface area (Å²) in [7, 11) is -3.95. The molecule has 1 aromatic heterocycles. The fourth-order valence-electron chi connectivity index (χ4n) is 3.28. The van der Waals surface area contributed by atoms with Crippen molar-refractivity contribution < 1.29 is 13.2 Å². The van der Waals surface area contributed by atoms with Gasteiger partial charge in [-0.3, -0.25) is 4.79 Å². The Morgan fingerprint density at radius 1 is 0.900 bits per heavy atom. The number of carbonyl (C=O) groups is 1. The highest BCUT2D eigenvalue weighted by Gasteiger charge is 2.26. The molecule has 0 aliphatic carbocycles. The normalized spacial score (nSPS) is 12.5. The zero-order valence-corrected chi connectivity index (χ0v) is 17.6. The van der Waals surface area contributed by atoms with Crippen LogP contribution >= 0.6 is 11.7 Å². The van der Waals surface area contributed by atoms with E-state index >= 15 is 0 Å². The largest absolute Gasteiger partial charge is 0.273 e. The predicted molar refractivity (Wildman–Crippen MR) is 117 cm³/mol. The lowest BCUT2D eigenvalue weighted by atomic mass is 9.91. The summed E-state index contributed by atoms with van der Waals surface area (Å²) in [6.45, 7) is 0. The summed E-state index contributed by atoms with van der Waals surface area (Å²) in [5.74, 6) is -1.20. The molecular formula is C22H19N3O3S2. The van der Waals surface area contributed by atoms with Crippen LogP contribution in [0.3, 0.4) is 0 Å². The SMILES string of the molecule is O=C(NS(=O)(=O)c1ccccc1)C(CCc1ccccc1)c1ccc2nsnc2c1. The van der Waals surface area contributed by atoms with E-state index in [1.165, 1.54) is 12.1 Å². The fourth-order valence-corrected chi connectivity index (χ4v) is 4.84. The van der Waals surface area contributed by atoms with Gasteiger partial charge in [0.15, 0.2) is 0 Å². The van der Waals surface area contributed by atoms with Crippen LogP contribution in [0.2, 0.25) is 0 Å². The summed E-state index contributed by atoms with van der Waals surface area (Å²) < 4.78 is 36.0. The minimum absolute atomic E-state index is 0.0549. The Kier molecular flexibility index (Phi) is 5.87. The smallest absolute Gasteiger partial charge is 0.264 e. The molecule has 0 saturated heterocycles. The van der Waals surface area contributed by atoms with Gasteiger partial charge in [0.25, 0.3) is 10.0 Å². The van der Waals surface area contributed by atoms with E-state index in [2.05, 4.69) is 13.5 Å². The van der Waals surface area contributed by atoms with Gasteiger partial charge in [-0.2, -0.15) is 8.75 Å². The summed E-state index contributed by atoms with van der Waals surface area (Å²) in [5, 5.41) is 0. The fraction of sp³-hybridized carbons (Fsp3) is 0.136. The maximum atomic E-state index is 13.1. The second-order valence-electron chi connectivity index (χ2n) is 6.87. The lowest BCUT2D eigenvalue weighted by molar-refractivity contribution is -0.120. The maximum Gasteiger partial charge on any atom is 0.264 e. The van der Waals surface area contributed by atoms with Crippen LogP contribution in [0.5, 0.6) is 0 Å². The van der Waals surface area contributed by atoms with E-state index in [4.69, 9.17) is 0 Å². The van der Waals surface area contributed by atoms with E-state index in [0.717, 1.165) is 22.8 Å². The highest BCUT2D eigenvalue weighted by Crippen LogP contribution is 2.26. The van der Waals surface area contributed by atoms with E-state index in [0.29, 0.717) is 23.9 Å². The Balaban J connectivity index is 1.62. The van der Waals surface area contributed by atoms with Crippen LogP contribution in [-0.4, -0.2) is 23.1 Å². The molecule has 1 heterocycles. The third-order valence-corrected chi connectivity index (χ3v) is 6.77. The first kappa shape index (κ1) is 20.2. The highest BCUT2D eigenvalue weighted by atomic mass is 32.2. The van der Waals surface area contributed by atoms with Crippen molar-refractivity contribution in [3.05, 3.63) is 90.0 Å². The number of rotatable bonds is 7. The maximum absolute atomic E-state index is 13.1. The van der Waals surface area contributed by atoms with E-state index in [9.17, 15) is 13.2 Å². The van der Waals surface area contributed by atoms with E-state index in [1.807, 2.05) is 48.5 Å². The van der Waals surface area contributed by atoms with Crippen molar-refractivity contribution in [1.82, 2.24) is 13.5 Å². The first-order chi connectivity index (χ1) is 14.5. The molecule has 1 amide bonds. The van der Waals surface area contributed by atoms with Crippen molar-refractivity contribution in [2.45, 2.75) is 23.7 Å². The molecular weight excluding hydrogens is 418 g/mol. The molecule has 0 saturated carbocycles. The van der Waals surface area contributed by atoms with Gasteiger partial charge in [0.2, 0.25) is 5.91 Å². The Labute approximate surface area is 179 Å². The van der Waals surface area contributed by atoms with Crippen LogP contribution in [0, 0.1) is 0 Å². The Morgan fingerprint density at radius 3 is 2.30 bits per heavy atom. The minimum atomic E-state index is -3.95. The molecule has 0 aliphatic rings. The van der Waals surface area contributed by atoms with E-state index < -0.39 is 21.8 Å². The molecule has 4 rings (SSSR count). The van der Waals surface area contributed by atoms with Gasteiger partial charge in [0.05, 0.1) is 22.5 Å². The van der Waals surface area contributed by atoms with E-state index in [-0.39, 0.29) is 4.90 Å². The van der Waals surface area contributed by atoms with Crippen molar-refractivity contribution >= 4 is 38.7 Å². The van der Waals surface area contributed by atoms with Crippen LogP contribution in [-0.2, 0) is 21.2 Å². The Hall–Kier alpha value is -3.10. The van der Waals surface area contributed by atoms with Gasteiger partial charge in [0, 0.05) is 0 Å². The van der Waals surface area contributed by atoms with Crippen LogP contribution in [0.4, 0.5) is 0 Å². The summed E-state index contributed by atoms with van der Waals surface area (Å²) in [4.78, 5) is 13.2. The molecule has 0 fully saturated rings. The topological polar surface area (TPSA) is 89.0 Å². The standard InChI is InChI=1S/C22H19N3O3S2/c26-22(25-30(27,28)18-9-5-2-6-10-18)19(13-11-16-7-3-1-4-8-16)17-12-14-20-21(15-17)24-29-23-20/h1-10,12,14-15,19H,11,13H2,(H,25,26). The Morgan fingerprint density at radius 2 is 1.57 bits per heavy atom. The molecule has 30 heavy (non-hydrogen) atoms. The quantitative estimate of drug-likeness (QED) is 0.473. The van der Waals surface area contributed by atoms with Crippen molar-refractivity contribution in [3.63, 3.8) is 0 Å². The van der Waals surface area contributed by atoms with Crippen LogP contribution in [0.1, 0.15) is 23.5 Å². The number of aryl methyl sites for hydroxylation is 1. The number of fused-ring (bicyclic) bond motifs is 1. The molecule has 0 spiro atoms. The number of nitrogens with zero attached hydrogens (tertiary/aromatic N) is 2. The lowest BCUT2D eigenvalue weighted by Gasteiger charge is -2.17. The molecule has 0 aliphatic heterocycles. The number of sulfonamides is 1. The third kappa shape index (κ3) is 4.55. The van der Waals surface area contributed by atoms with Gasteiger partial charge in [0.1, 0.15) is 11.0 Å². The second-order valence-corrected chi connectivity index (χ2v) is 9.08. The molecule has 152 valence electrons. The predicted octanol–water partition coefficient (Wildman–Crippen LogP) is 3.91. The highest BCUT2D eigenvalue weighted by molar-refractivity contribution is 7.90. The average molecular weight is 438 g/mol. The van der Waals surface area contributed by atoms with Crippen LogP contribution in [0.15, 0.2) is 83.8 Å². The zero-order chi connectivity index (χ0) is 21.0. The van der Waals surface area contributed by atoms with Gasteiger partial charge in [-0.1, -0.05) is 54.6 Å². The summed E-state index contributed by atoms with van der Waals surface area (Å²) in [6, 6.07) is 23.1. The van der Waals surface area contributed by atoms with Gasteiger partial charge in [-0.05, 0) is 48.2 Å². The number of hydrogen-bond donors (Lipinski definition) is 1. The first-order valence-electron chi connectivity index (χ1n) is 9.41. The number of benzene rings is 3. The molecule has 0 radical (unpaired) electrons. The number of carbonyl (C=O) groups excluding carboxylic acids is 1. The minimum Gasteiger partial charge on any atom is -0.273 e. The van der Waals surface area contributed by atoms with Crippen molar-refractivity contribution in [2.75, 3.05) is 0 Å². The molecule has 1 N–H and O–H groups in total. The third-order valence-electron chi connectivity index (χ3n) is 4.85. The number of hydrogen-bond acceptors (Lipinski definition) is 6. The van der Waals surface area contributed by atoms with Gasteiger partial charge >= 0.3 is 0 Å². The van der Waals surface area contributed by atoms with Crippen LogP contribution < -0.4 is 4.72 Å². The molecule has 4 aromatic rings. The van der Waals surface area contributed by atoms with Crippen LogP contribution in [0.25, 0.3) is 11.0 Å².